The maximum absolute atomic E-state index is 2.61. The van der Waals surface area contributed by atoms with Crippen molar-refractivity contribution in [2.24, 2.45) is 5.92 Å². The molecule has 2 unspecified atom stereocenters. The maximum atomic E-state index is 2.61. The van der Waals surface area contributed by atoms with Gasteiger partial charge in [0, 0.05) is 38.1 Å². The summed E-state index contributed by atoms with van der Waals surface area (Å²) in [5.41, 5.74) is 0. The largest absolute Gasteiger partial charge is 0.351 e. The van der Waals surface area contributed by atoms with Gasteiger partial charge in [0.15, 0.2) is 0 Å². The standard InChI is InChI=1S/C20H34N2/c1-3-5-7-13-20(22-16-10-11-17-22)19(12-6-4-2)18-21-14-8-9-15-21/h8-11,16-17,19-20H,3-7,12-15,18H2,1-2H3. The second-order valence-electron chi connectivity index (χ2n) is 6.79. The van der Waals surface area contributed by atoms with Crippen LogP contribution in [0.4, 0.5) is 0 Å². The third kappa shape index (κ3) is 5.31. The molecule has 1 aliphatic heterocycles. The summed E-state index contributed by atoms with van der Waals surface area (Å²) in [6, 6.07) is 5.04. The van der Waals surface area contributed by atoms with Crippen LogP contribution in [0.5, 0.6) is 0 Å². The van der Waals surface area contributed by atoms with E-state index in [1.165, 1.54) is 51.5 Å². The van der Waals surface area contributed by atoms with Crippen molar-refractivity contribution in [2.45, 2.75) is 64.8 Å². The van der Waals surface area contributed by atoms with Crippen molar-refractivity contribution in [3.8, 4) is 0 Å². The van der Waals surface area contributed by atoms with Crippen LogP contribution >= 0.6 is 0 Å². The van der Waals surface area contributed by atoms with Crippen molar-refractivity contribution in [3.63, 3.8) is 0 Å². The molecule has 124 valence electrons. The number of hydrogen-bond acceptors (Lipinski definition) is 1. The zero-order valence-corrected chi connectivity index (χ0v) is 14.6. The van der Waals surface area contributed by atoms with Crippen LogP contribution in [0.15, 0.2) is 36.7 Å². The average molecular weight is 303 g/mol. The zero-order valence-electron chi connectivity index (χ0n) is 14.6. The van der Waals surface area contributed by atoms with Gasteiger partial charge in [-0.05, 0) is 30.9 Å². The van der Waals surface area contributed by atoms with Gasteiger partial charge in [-0.25, -0.2) is 0 Å². The van der Waals surface area contributed by atoms with Gasteiger partial charge in [0.2, 0.25) is 0 Å². The smallest absolute Gasteiger partial charge is 0.0371 e. The summed E-state index contributed by atoms with van der Waals surface area (Å²) in [4.78, 5) is 2.61. The normalized spacial score (nSPS) is 17.9. The van der Waals surface area contributed by atoms with E-state index in [1.807, 2.05) is 0 Å². The highest BCUT2D eigenvalue weighted by Crippen LogP contribution is 2.30. The zero-order chi connectivity index (χ0) is 15.6. The van der Waals surface area contributed by atoms with Crippen molar-refractivity contribution in [3.05, 3.63) is 36.7 Å². The molecule has 0 amide bonds. The lowest BCUT2D eigenvalue weighted by Crippen LogP contribution is -2.32. The molecule has 2 nitrogen and oxygen atoms in total. The Labute approximate surface area is 137 Å². The molecule has 0 radical (unpaired) electrons. The summed E-state index contributed by atoms with van der Waals surface area (Å²) < 4.78 is 2.49. The molecule has 22 heavy (non-hydrogen) atoms. The predicted octanol–water partition coefficient (Wildman–Crippen LogP) is 5.29. The van der Waals surface area contributed by atoms with Crippen LogP contribution in [0, 0.1) is 5.92 Å². The fourth-order valence-electron chi connectivity index (χ4n) is 3.67. The molecule has 0 aliphatic carbocycles. The molecular formula is C20H34N2. The van der Waals surface area contributed by atoms with Crippen molar-refractivity contribution in [1.29, 1.82) is 0 Å². The average Bonchev–Trinajstić information content (AvgIpc) is 3.22. The molecule has 2 rings (SSSR count). The lowest BCUT2D eigenvalue weighted by Gasteiger charge is -2.32. The Morgan fingerprint density at radius 3 is 2.18 bits per heavy atom. The van der Waals surface area contributed by atoms with Crippen LogP contribution in [0.25, 0.3) is 0 Å². The molecule has 0 saturated heterocycles. The first kappa shape index (κ1) is 17.3. The van der Waals surface area contributed by atoms with E-state index >= 15 is 0 Å². The fourth-order valence-corrected chi connectivity index (χ4v) is 3.67. The van der Waals surface area contributed by atoms with Crippen molar-refractivity contribution >= 4 is 0 Å². The topological polar surface area (TPSA) is 8.17 Å². The minimum Gasteiger partial charge on any atom is -0.351 e. The fraction of sp³-hybridized carbons (Fsp3) is 0.700. The molecule has 1 aromatic heterocycles. The van der Waals surface area contributed by atoms with E-state index in [2.05, 4.69) is 60.0 Å². The van der Waals surface area contributed by atoms with E-state index in [9.17, 15) is 0 Å². The van der Waals surface area contributed by atoms with Gasteiger partial charge in [0.05, 0.1) is 0 Å². The quantitative estimate of drug-likeness (QED) is 0.398. The summed E-state index contributed by atoms with van der Waals surface area (Å²) >= 11 is 0. The third-order valence-corrected chi connectivity index (χ3v) is 4.97. The summed E-state index contributed by atoms with van der Waals surface area (Å²) in [5.74, 6) is 0.782. The molecule has 0 N–H and O–H groups in total. The highest BCUT2D eigenvalue weighted by molar-refractivity contribution is 4.98. The van der Waals surface area contributed by atoms with Crippen molar-refractivity contribution in [1.82, 2.24) is 9.47 Å². The Balaban J connectivity index is 2.02. The Morgan fingerprint density at radius 1 is 0.864 bits per heavy atom. The molecule has 0 saturated carbocycles. The summed E-state index contributed by atoms with van der Waals surface area (Å²) in [5, 5.41) is 0. The first-order valence-corrected chi connectivity index (χ1v) is 9.35. The summed E-state index contributed by atoms with van der Waals surface area (Å²) in [6.07, 6.45) is 18.6. The van der Waals surface area contributed by atoms with Gasteiger partial charge < -0.3 is 4.57 Å². The van der Waals surface area contributed by atoms with Crippen LogP contribution in [0.2, 0.25) is 0 Å². The van der Waals surface area contributed by atoms with Crippen LogP contribution < -0.4 is 0 Å². The summed E-state index contributed by atoms with van der Waals surface area (Å²) in [6.45, 7) is 8.17. The lowest BCUT2D eigenvalue weighted by atomic mass is 9.89. The van der Waals surface area contributed by atoms with Gasteiger partial charge in [-0.15, -0.1) is 0 Å². The SMILES string of the molecule is CCCCCC(C(CCCC)CN1CC=CC1)n1cccc1. The molecule has 0 fully saturated rings. The van der Waals surface area contributed by atoms with Gasteiger partial charge in [-0.3, -0.25) is 4.90 Å². The minimum absolute atomic E-state index is 0.675. The first-order chi connectivity index (χ1) is 10.8. The summed E-state index contributed by atoms with van der Waals surface area (Å²) in [7, 11) is 0. The van der Waals surface area contributed by atoms with Crippen LogP contribution in [0.3, 0.4) is 0 Å². The van der Waals surface area contributed by atoms with E-state index in [0.717, 1.165) is 19.0 Å². The third-order valence-electron chi connectivity index (χ3n) is 4.97. The molecule has 2 heterocycles. The highest BCUT2D eigenvalue weighted by Gasteiger charge is 2.24. The van der Waals surface area contributed by atoms with E-state index in [1.54, 1.807) is 0 Å². The van der Waals surface area contributed by atoms with Crippen molar-refractivity contribution in [2.75, 3.05) is 19.6 Å². The van der Waals surface area contributed by atoms with E-state index in [4.69, 9.17) is 0 Å². The van der Waals surface area contributed by atoms with Crippen LogP contribution in [0.1, 0.15) is 64.8 Å². The Bertz CT molecular complexity index is 399. The van der Waals surface area contributed by atoms with Gasteiger partial charge >= 0.3 is 0 Å². The lowest BCUT2D eigenvalue weighted by molar-refractivity contribution is 0.201. The van der Waals surface area contributed by atoms with Gasteiger partial charge in [0.25, 0.3) is 0 Å². The highest BCUT2D eigenvalue weighted by atomic mass is 15.1. The molecular weight excluding hydrogens is 268 g/mol. The molecule has 0 spiro atoms. The number of aromatic nitrogens is 1. The van der Waals surface area contributed by atoms with E-state index in [0.29, 0.717) is 6.04 Å². The van der Waals surface area contributed by atoms with E-state index in [-0.39, 0.29) is 0 Å². The molecule has 0 bridgehead atoms. The number of unbranched alkanes of at least 4 members (excludes halogenated alkanes) is 3. The van der Waals surface area contributed by atoms with Gasteiger partial charge in [-0.2, -0.15) is 0 Å². The molecule has 2 atom stereocenters. The molecule has 1 aliphatic rings. The maximum Gasteiger partial charge on any atom is 0.0371 e. The second kappa shape index (κ2) is 9.89. The monoisotopic (exact) mass is 302 g/mol. The molecule has 1 aromatic rings. The Morgan fingerprint density at radius 2 is 1.55 bits per heavy atom. The Hall–Kier alpha value is -1.02. The van der Waals surface area contributed by atoms with Gasteiger partial charge in [0.1, 0.15) is 0 Å². The van der Waals surface area contributed by atoms with Crippen molar-refractivity contribution < 1.29 is 0 Å². The molecule has 2 heteroatoms. The Kier molecular flexibility index (Phi) is 7.79. The first-order valence-electron chi connectivity index (χ1n) is 9.35. The number of hydrogen-bond donors (Lipinski definition) is 0. The van der Waals surface area contributed by atoms with Crippen LogP contribution in [-0.4, -0.2) is 29.1 Å². The van der Waals surface area contributed by atoms with Gasteiger partial charge in [-0.1, -0.05) is 58.1 Å². The van der Waals surface area contributed by atoms with Crippen LogP contribution in [-0.2, 0) is 0 Å². The number of rotatable bonds is 11. The predicted molar refractivity (Wildman–Crippen MR) is 96.2 cm³/mol. The molecule has 0 aromatic carbocycles. The second-order valence-corrected chi connectivity index (χ2v) is 6.79. The van der Waals surface area contributed by atoms with E-state index < -0.39 is 0 Å². The number of nitrogens with zero attached hydrogens (tertiary/aromatic N) is 2. The minimum atomic E-state index is 0.675.